The SMILES string of the molecule is COc1c([C@@H]2[C@H](C)[C@H](C(F)(F)F)O[C@H]2c2nc3c(C(N)=O)nc(NC(=O)CC#N)cc3[nH]2)ccc(F)c1F. The van der Waals surface area contributed by atoms with Crippen molar-refractivity contribution in [1.82, 2.24) is 15.0 Å². The topological polar surface area (TPSA) is 156 Å². The molecule has 1 saturated heterocycles. The molecule has 2 amide bonds. The molecule has 1 aliphatic rings. The minimum absolute atomic E-state index is 0.0544. The zero-order valence-electron chi connectivity index (χ0n) is 19.7. The first-order valence-electron chi connectivity index (χ1n) is 11.0. The summed E-state index contributed by atoms with van der Waals surface area (Å²) in [6.45, 7) is 1.24. The van der Waals surface area contributed by atoms with E-state index in [1.165, 1.54) is 13.0 Å². The molecule has 38 heavy (non-hydrogen) atoms. The molecule has 15 heteroatoms. The van der Waals surface area contributed by atoms with Crippen LogP contribution in [0, 0.1) is 28.9 Å². The molecule has 4 N–H and O–H groups in total. The normalized spacial score (nSPS) is 21.3. The lowest BCUT2D eigenvalue weighted by atomic mass is 9.81. The Labute approximate surface area is 210 Å². The molecule has 4 rings (SSSR count). The van der Waals surface area contributed by atoms with Crippen LogP contribution in [0.4, 0.5) is 27.8 Å². The number of rotatable bonds is 6. The molecule has 1 aliphatic heterocycles. The van der Waals surface area contributed by atoms with Gasteiger partial charge in [0.1, 0.15) is 29.7 Å². The fourth-order valence-corrected chi connectivity index (χ4v) is 4.57. The first-order valence-corrected chi connectivity index (χ1v) is 11.0. The first kappa shape index (κ1) is 26.7. The Bertz CT molecular complexity index is 1470. The zero-order chi connectivity index (χ0) is 27.9. The van der Waals surface area contributed by atoms with E-state index in [9.17, 15) is 31.5 Å². The van der Waals surface area contributed by atoms with Crippen molar-refractivity contribution < 1.29 is 41.0 Å². The van der Waals surface area contributed by atoms with E-state index in [0.717, 1.165) is 19.2 Å². The number of methoxy groups -OCH3 is 1. The van der Waals surface area contributed by atoms with Crippen LogP contribution in [0.15, 0.2) is 18.2 Å². The highest BCUT2D eigenvalue weighted by Crippen LogP contribution is 2.54. The van der Waals surface area contributed by atoms with E-state index in [4.69, 9.17) is 20.5 Å². The minimum atomic E-state index is -4.82. The van der Waals surface area contributed by atoms with Crippen molar-refractivity contribution >= 4 is 28.7 Å². The largest absolute Gasteiger partial charge is 0.493 e. The summed E-state index contributed by atoms with van der Waals surface area (Å²) < 4.78 is 80.4. The summed E-state index contributed by atoms with van der Waals surface area (Å²) in [7, 11) is 1.05. The Balaban J connectivity index is 1.87. The predicted molar refractivity (Wildman–Crippen MR) is 120 cm³/mol. The van der Waals surface area contributed by atoms with Gasteiger partial charge < -0.3 is 25.5 Å². The third-order valence-corrected chi connectivity index (χ3v) is 6.13. The monoisotopic (exact) mass is 538 g/mol. The van der Waals surface area contributed by atoms with Crippen LogP contribution in [0.25, 0.3) is 11.0 Å². The van der Waals surface area contributed by atoms with Crippen molar-refractivity contribution in [2.45, 2.75) is 37.6 Å². The molecule has 10 nitrogen and oxygen atoms in total. The van der Waals surface area contributed by atoms with Gasteiger partial charge in [0.05, 0.1) is 18.7 Å². The zero-order valence-corrected chi connectivity index (χ0v) is 19.7. The molecule has 3 heterocycles. The molecule has 2 aromatic heterocycles. The third kappa shape index (κ3) is 4.70. The van der Waals surface area contributed by atoms with Crippen molar-refractivity contribution in [1.29, 1.82) is 5.26 Å². The van der Waals surface area contributed by atoms with Crippen LogP contribution in [-0.2, 0) is 9.53 Å². The number of nitrogens with zero attached hydrogens (tertiary/aromatic N) is 3. The molecule has 3 aromatic rings. The molecule has 0 bridgehead atoms. The van der Waals surface area contributed by atoms with E-state index < -0.39 is 71.5 Å². The molecule has 0 aliphatic carbocycles. The van der Waals surface area contributed by atoms with Gasteiger partial charge in [-0.15, -0.1) is 0 Å². The molecule has 4 atom stereocenters. The van der Waals surface area contributed by atoms with Gasteiger partial charge in [-0.05, 0) is 6.07 Å². The van der Waals surface area contributed by atoms with Gasteiger partial charge in [-0.25, -0.2) is 14.4 Å². The average molecular weight is 538 g/mol. The summed E-state index contributed by atoms with van der Waals surface area (Å²) in [4.78, 5) is 34.8. The number of carbonyl (C=O) groups excluding carboxylic acids is 2. The van der Waals surface area contributed by atoms with E-state index in [0.29, 0.717) is 0 Å². The van der Waals surface area contributed by atoms with E-state index in [-0.39, 0.29) is 28.2 Å². The highest BCUT2D eigenvalue weighted by atomic mass is 19.4. The van der Waals surface area contributed by atoms with Gasteiger partial charge in [0.25, 0.3) is 5.91 Å². The molecule has 1 aromatic carbocycles. The Morgan fingerprint density at radius 3 is 2.61 bits per heavy atom. The Hall–Kier alpha value is -4.32. The van der Waals surface area contributed by atoms with E-state index in [1.54, 1.807) is 6.07 Å². The summed E-state index contributed by atoms with van der Waals surface area (Å²) in [5, 5.41) is 11.0. The van der Waals surface area contributed by atoms with Gasteiger partial charge in [0, 0.05) is 23.5 Å². The molecule has 0 radical (unpaired) electrons. The molecular formula is C23H19F5N6O4. The number of primary amides is 1. The number of fused-ring (bicyclic) bond motifs is 1. The quantitative estimate of drug-likeness (QED) is 0.405. The maximum Gasteiger partial charge on any atom is 0.414 e. The smallest absolute Gasteiger partial charge is 0.414 e. The maximum absolute atomic E-state index is 14.5. The van der Waals surface area contributed by atoms with Gasteiger partial charge in [0.15, 0.2) is 23.4 Å². The highest BCUT2D eigenvalue weighted by Gasteiger charge is 2.56. The lowest BCUT2D eigenvalue weighted by molar-refractivity contribution is -0.223. The maximum atomic E-state index is 14.5. The second-order valence-corrected chi connectivity index (χ2v) is 8.51. The highest BCUT2D eigenvalue weighted by molar-refractivity contribution is 6.04. The number of benzene rings is 1. The van der Waals surface area contributed by atoms with E-state index in [1.807, 2.05) is 0 Å². The summed E-state index contributed by atoms with van der Waals surface area (Å²) in [6, 6.07) is 4.75. The van der Waals surface area contributed by atoms with Crippen LogP contribution in [0.2, 0.25) is 0 Å². The lowest BCUT2D eigenvalue weighted by Crippen LogP contribution is -2.33. The van der Waals surface area contributed by atoms with Gasteiger partial charge in [-0.1, -0.05) is 13.0 Å². The van der Waals surface area contributed by atoms with Crippen LogP contribution in [0.3, 0.4) is 0 Å². The Kier molecular flexibility index (Phi) is 6.94. The number of H-pyrrole nitrogens is 1. The third-order valence-electron chi connectivity index (χ3n) is 6.13. The number of halogens is 5. The standard InChI is InChI=1S/C23H19F5N6O4/c1-8-14(9-3-4-10(24)15(25)18(9)37-2)19(38-20(8)23(26,27)28)22-31-11-7-12(32-13(35)5-6-29)33-17(21(30)36)16(11)34-22/h3-4,7-8,14,19-20H,5H2,1-2H3,(H2,30,36)(H,31,34)(H,32,33,35)/t8-,14-,19+,20+/m0/s1. The van der Waals surface area contributed by atoms with Crippen LogP contribution < -0.4 is 15.8 Å². The second-order valence-electron chi connectivity index (χ2n) is 8.51. The number of aromatic amines is 1. The summed E-state index contributed by atoms with van der Waals surface area (Å²) in [5.74, 6) is -7.92. The van der Waals surface area contributed by atoms with Crippen molar-refractivity contribution in [2.24, 2.45) is 11.7 Å². The average Bonchev–Trinajstić information content (AvgIpc) is 3.41. The molecule has 1 fully saturated rings. The van der Waals surface area contributed by atoms with Gasteiger partial charge in [0.2, 0.25) is 11.7 Å². The molecular weight excluding hydrogens is 519 g/mol. The number of carbonyl (C=O) groups is 2. The number of nitriles is 1. The van der Waals surface area contributed by atoms with Crippen LogP contribution >= 0.6 is 0 Å². The minimum Gasteiger partial charge on any atom is -0.493 e. The second kappa shape index (κ2) is 9.86. The van der Waals surface area contributed by atoms with E-state index in [2.05, 4.69) is 20.3 Å². The van der Waals surface area contributed by atoms with Crippen LogP contribution in [-0.4, -0.2) is 46.2 Å². The molecule has 0 saturated carbocycles. The lowest BCUT2D eigenvalue weighted by Gasteiger charge is -2.23. The number of aromatic nitrogens is 3. The number of anilines is 1. The number of amides is 2. The van der Waals surface area contributed by atoms with Crippen molar-refractivity contribution in [2.75, 3.05) is 12.4 Å². The Morgan fingerprint density at radius 1 is 1.29 bits per heavy atom. The van der Waals surface area contributed by atoms with Crippen molar-refractivity contribution in [3.05, 3.63) is 46.9 Å². The number of imidazole rings is 1. The molecule has 0 unspecified atom stereocenters. The van der Waals surface area contributed by atoms with Crippen molar-refractivity contribution in [3.8, 4) is 11.8 Å². The number of pyridine rings is 1. The number of hydrogen-bond acceptors (Lipinski definition) is 7. The fraction of sp³-hybridized carbons (Fsp3) is 0.348. The van der Waals surface area contributed by atoms with Crippen LogP contribution in [0.5, 0.6) is 5.75 Å². The summed E-state index contributed by atoms with van der Waals surface area (Å²) >= 11 is 0. The number of ether oxygens (including phenoxy) is 2. The number of alkyl halides is 3. The fourth-order valence-electron chi connectivity index (χ4n) is 4.57. The Morgan fingerprint density at radius 2 is 2.00 bits per heavy atom. The summed E-state index contributed by atoms with van der Waals surface area (Å²) in [5.41, 5.74) is 4.81. The van der Waals surface area contributed by atoms with Gasteiger partial charge >= 0.3 is 6.18 Å². The number of hydrogen-bond donors (Lipinski definition) is 3. The van der Waals surface area contributed by atoms with Crippen molar-refractivity contribution in [3.63, 3.8) is 0 Å². The molecule has 0 spiro atoms. The molecule has 200 valence electrons. The first-order chi connectivity index (χ1) is 17.9. The van der Waals surface area contributed by atoms with E-state index >= 15 is 0 Å². The summed E-state index contributed by atoms with van der Waals surface area (Å²) in [6.07, 6.45) is -9.12. The van der Waals surface area contributed by atoms with Gasteiger partial charge in [-0.3, -0.25) is 9.59 Å². The van der Waals surface area contributed by atoms with Gasteiger partial charge in [-0.2, -0.15) is 22.8 Å². The number of nitrogens with two attached hydrogens (primary N) is 1. The predicted octanol–water partition coefficient (Wildman–Crippen LogP) is 3.62. The van der Waals surface area contributed by atoms with Crippen LogP contribution in [0.1, 0.15) is 47.2 Å². The number of nitrogens with one attached hydrogen (secondary N) is 2.